The lowest BCUT2D eigenvalue weighted by atomic mass is 10.1. The third-order valence-electron chi connectivity index (χ3n) is 3.28. The highest BCUT2D eigenvalue weighted by molar-refractivity contribution is 5.89. The summed E-state index contributed by atoms with van der Waals surface area (Å²) in [4.78, 5) is 23.1. The van der Waals surface area contributed by atoms with Crippen LogP contribution < -0.4 is 9.47 Å². The summed E-state index contributed by atoms with van der Waals surface area (Å²) in [5.74, 6) is 0.279. The monoisotopic (exact) mass is 328 g/mol. The predicted molar refractivity (Wildman–Crippen MR) is 89.4 cm³/mol. The van der Waals surface area contributed by atoms with E-state index in [1.807, 2.05) is 26.0 Å². The van der Waals surface area contributed by atoms with Crippen LogP contribution in [0.3, 0.4) is 0 Å². The molecular formula is C19H20O5. The zero-order chi connectivity index (χ0) is 17.5. The summed E-state index contributed by atoms with van der Waals surface area (Å²) in [6.07, 6.45) is 0.131. The van der Waals surface area contributed by atoms with Crippen LogP contribution in [0.5, 0.6) is 11.5 Å². The second-order valence-corrected chi connectivity index (χ2v) is 5.41. The first-order valence-corrected chi connectivity index (χ1v) is 7.58. The van der Waals surface area contributed by atoms with Gasteiger partial charge in [0, 0.05) is 0 Å². The van der Waals surface area contributed by atoms with Crippen LogP contribution in [0.1, 0.15) is 27.9 Å². The van der Waals surface area contributed by atoms with Gasteiger partial charge in [0.15, 0.2) is 0 Å². The molecular weight excluding hydrogens is 308 g/mol. The van der Waals surface area contributed by atoms with Gasteiger partial charge in [-0.15, -0.1) is 0 Å². The Morgan fingerprint density at radius 3 is 2.12 bits per heavy atom. The Labute approximate surface area is 141 Å². The second-order valence-electron chi connectivity index (χ2n) is 5.41. The first-order chi connectivity index (χ1) is 11.5. The van der Waals surface area contributed by atoms with Crippen molar-refractivity contribution in [2.75, 3.05) is 13.7 Å². The van der Waals surface area contributed by atoms with E-state index in [9.17, 15) is 9.59 Å². The average Bonchev–Trinajstić information content (AvgIpc) is 2.54. The van der Waals surface area contributed by atoms with E-state index in [4.69, 9.17) is 9.47 Å². The molecule has 0 heterocycles. The summed E-state index contributed by atoms with van der Waals surface area (Å²) in [6, 6.07) is 12.1. The van der Waals surface area contributed by atoms with Crippen molar-refractivity contribution in [1.29, 1.82) is 0 Å². The topological polar surface area (TPSA) is 61.8 Å². The van der Waals surface area contributed by atoms with Crippen molar-refractivity contribution >= 4 is 11.9 Å². The molecule has 0 aliphatic carbocycles. The number of hydrogen-bond donors (Lipinski definition) is 0. The fourth-order valence-electron chi connectivity index (χ4n) is 2.23. The van der Waals surface area contributed by atoms with Crippen molar-refractivity contribution in [3.05, 3.63) is 59.2 Å². The molecule has 0 fully saturated rings. The number of methoxy groups -OCH3 is 1. The third kappa shape index (κ3) is 5.12. The van der Waals surface area contributed by atoms with Crippen LogP contribution >= 0.6 is 0 Å². The van der Waals surface area contributed by atoms with Crippen molar-refractivity contribution in [2.45, 2.75) is 20.3 Å². The van der Waals surface area contributed by atoms with E-state index in [0.717, 1.165) is 16.9 Å². The van der Waals surface area contributed by atoms with E-state index in [2.05, 4.69) is 10.8 Å². The Kier molecular flexibility index (Phi) is 5.95. The highest BCUT2D eigenvalue weighted by Crippen LogP contribution is 2.17. The summed E-state index contributed by atoms with van der Waals surface area (Å²) in [6.45, 7) is 4.22. The normalized spacial score (nSPS) is 10.1. The summed E-state index contributed by atoms with van der Waals surface area (Å²) in [5.41, 5.74) is 2.62. The van der Waals surface area contributed by atoms with Gasteiger partial charge in [0.25, 0.3) is 0 Å². The minimum absolute atomic E-state index is 0.131. The van der Waals surface area contributed by atoms with Crippen LogP contribution in [0.4, 0.5) is 0 Å². The SMILES string of the molecule is COC(=O)c1ccc(OC(=O)CCOc2cc(C)cc(C)c2)cc1. The minimum Gasteiger partial charge on any atom is -0.493 e. The van der Waals surface area contributed by atoms with E-state index in [0.29, 0.717) is 11.3 Å². The molecule has 0 radical (unpaired) electrons. The molecule has 2 aromatic rings. The quantitative estimate of drug-likeness (QED) is 0.600. The number of rotatable bonds is 6. The number of benzene rings is 2. The van der Waals surface area contributed by atoms with Gasteiger partial charge in [-0.1, -0.05) is 6.07 Å². The van der Waals surface area contributed by atoms with Crippen LogP contribution in [0.25, 0.3) is 0 Å². The maximum atomic E-state index is 11.8. The van der Waals surface area contributed by atoms with Crippen molar-refractivity contribution < 1.29 is 23.8 Å². The van der Waals surface area contributed by atoms with Gasteiger partial charge in [0.2, 0.25) is 0 Å². The van der Waals surface area contributed by atoms with Gasteiger partial charge >= 0.3 is 11.9 Å². The first kappa shape index (κ1) is 17.5. The largest absolute Gasteiger partial charge is 0.493 e. The highest BCUT2D eigenvalue weighted by atomic mass is 16.5. The molecule has 0 aromatic heterocycles. The summed E-state index contributed by atoms with van der Waals surface area (Å²) in [7, 11) is 1.31. The van der Waals surface area contributed by atoms with Gasteiger partial charge in [-0.3, -0.25) is 4.79 Å². The summed E-state index contributed by atoms with van der Waals surface area (Å²) in [5, 5.41) is 0. The number of carbonyl (C=O) groups is 2. The molecule has 0 bridgehead atoms. The molecule has 0 saturated carbocycles. The lowest BCUT2D eigenvalue weighted by Crippen LogP contribution is -2.12. The first-order valence-electron chi connectivity index (χ1n) is 7.58. The molecule has 0 atom stereocenters. The zero-order valence-electron chi connectivity index (χ0n) is 14.0. The van der Waals surface area contributed by atoms with Gasteiger partial charge in [-0.25, -0.2) is 4.79 Å². The standard InChI is InChI=1S/C19H20O5/c1-13-10-14(2)12-17(11-13)23-9-8-18(20)24-16-6-4-15(5-7-16)19(21)22-3/h4-7,10-12H,8-9H2,1-3H3. The third-order valence-corrected chi connectivity index (χ3v) is 3.28. The lowest BCUT2D eigenvalue weighted by molar-refractivity contribution is -0.134. The van der Waals surface area contributed by atoms with Crippen LogP contribution in [0.15, 0.2) is 42.5 Å². The van der Waals surface area contributed by atoms with E-state index in [1.165, 1.54) is 7.11 Å². The Balaban J connectivity index is 1.81. The Morgan fingerprint density at radius 2 is 1.54 bits per heavy atom. The van der Waals surface area contributed by atoms with Crippen molar-refractivity contribution in [3.8, 4) is 11.5 Å². The van der Waals surface area contributed by atoms with Gasteiger partial charge in [0.05, 0.1) is 25.7 Å². The number of carbonyl (C=O) groups excluding carboxylic acids is 2. The average molecular weight is 328 g/mol. The van der Waals surface area contributed by atoms with Gasteiger partial charge in [-0.2, -0.15) is 0 Å². The van der Waals surface area contributed by atoms with Gasteiger partial charge in [0.1, 0.15) is 11.5 Å². The molecule has 2 aromatic carbocycles. The molecule has 0 N–H and O–H groups in total. The molecule has 24 heavy (non-hydrogen) atoms. The van der Waals surface area contributed by atoms with Crippen LogP contribution in [0.2, 0.25) is 0 Å². The molecule has 126 valence electrons. The molecule has 0 unspecified atom stereocenters. The number of ether oxygens (including phenoxy) is 3. The van der Waals surface area contributed by atoms with E-state index in [1.54, 1.807) is 24.3 Å². The van der Waals surface area contributed by atoms with Crippen LogP contribution in [-0.4, -0.2) is 25.7 Å². The predicted octanol–water partition coefficient (Wildman–Crippen LogP) is 3.46. The lowest BCUT2D eigenvalue weighted by Gasteiger charge is -2.08. The van der Waals surface area contributed by atoms with E-state index < -0.39 is 11.9 Å². The molecule has 0 spiro atoms. The summed E-state index contributed by atoms with van der Waals surface area (Å²) < 4.78 is 15.4. The number of aryl methyl sites for hydroxylation is 2. The fraction of sp³-hybridized carbons (Fsp3) is 0.263. The summed E-state index contributed by atoms with van der Waals surface area (Å²) >= 11 is 0. The molecule has 0 saturated heterocycles. The minimum atomic E-state index is -0.435. The maximum Gasteiger partial charge on any atom is 0.337 e. The van der Waals surface area contributed by atoms with E-state index in [-0.39, 0.29) is 13.0 Å². The van der Waals surface area contributed by atoms with Crippen molar-refractivity contribution in [3.63, 3.8) is 0 Å². The Bertz CT molecular complexity index is 699. The zero-order valence-corrected chi connectivity index (χ0v) is 14.0. The van der Waals surface area contributed by atoms with Crippen molar-refractivity contribution in [2.24, 2.45) is 0 Å². The van der Waals surface area contributed by atoms with Crippen LogP contribution in [-0.2, 0) is 9.53 Å². The Hall–Kier alpha value is -2.82. The van der Waals surface area contributed by atoms with Crippen LogP contribution in [0, 0.1) is 13.8 Å². The maximum absolute atomic E-state index is 11.8. The highest BCUT2D eigenvalue weighted by Gasteiger charge is 2.08. The van der Waals surface area contributed by atoms with E-state index >= 15 is 0 Å². The molecule has 5 nitrogen and oxygen atoms in total. The van der Waals surface area contributed by atoms with Crippen molar-refractivity contribution in [1.82, 2.24) is 0 Å². The molecule has 0 aliphatic heterocycles. The molecule has 0 aliphatic rings. The smallest absolute Gasteiger partial charge is 0.337 e. The van der Waals surface area contributed by atoms with Gasteiger partial charge < -0.3 is 14.2 Å². The second kappa shape index (κ2) is 8.15. The molecule has 2 rings (SSSR count). The number of esters is 2. The molecule has 0 amide bonds. The molecule has 5 heteroatoms. The van der Waals surface area contributed by atoms with Gasteiger partial charge in [-0.05, 0) is 61.4 Å². The number of hydrogen-bond acceptors (Lipinski definition) is 5. The Morgan fingerprint density at radius 1 is 0.917 bits per heavy atom. The fourth-order valence-corrected chi connectivity index (χ4v) is 2.23.